The maximum Gasteiger partial charge on any atom is 0.133 e. The third kappa shape index (κ3) is 2.00. The van der Waals surface area contributed by atoms with Crippen molar-refractivity contribution in [3.63, 3.8) is 0 Å². The monoisotopic (exact) mass is 314 g/mol. The highest BCUT2D eigenvalue weighted by Gasteiger charge is 2.59. The maximum atomic E-state index is 12.2. The molecule has 6 atom stereocenters. The first-order chi connectivity index (χ1) is 10.9. The van der Waals surface area contributed by atoms with Gasteiger partial charge in [0.25, 0.3) is 0 Å². The number of ketones is 1. The van der Waals surface area contributed by atoms with Crippen LogP contribution in [0.2, 0.25) is 0 Å². The molecule has 3 saturated carbocycles. The molecule has 0 radical (unpaired) electrons. The van der Waals surface area contributed by atoms with Gasteiger partial charge in [0.15, 0.2) is 0 Å². The van der Waals surface area contributed by atoms with Gasteiger partial charge in [-0.15, -0.1) is 0 Å². The number of carbonyl (C=O) groups is 1. The Labute approximate surface area is 140 Å². The summed E-state index contributed by atoms with van der Waals surface area (Å²) in [5, 5.41) is 11.1. The summed E-state index contributed by atoms with van der Waals surface area (Å²) in [4.78, 5) is 12.2. The standard InChI is InChI=1S/C21H30O2/c1-13(22)16-9-10-17-15-8-7-14-6-4-5-11-20(14,2)19(15)18(23)12-21(16,17)3/h7-8,16-19,23H,4-6,9-12H2,1-3H3/t16-,17+,18?,19-,20+,21-/m1/s1. The van der Waals surface area contributed by atoms with E-state index in [4.69, 9.17) is 0 Å². The van der Waals surface area contributed by atoms with Crippen molar-refractivity contribution in [2.24, 2.45) is 28.6 Å². The number of hydrogen-bond donors (Lipinski definition) is 1. The fraction of sp³-hybridized carbons (Fsp3) is 0.762. The van der Waals surface area contributed by atoms with Gasteiger partial charge in [0.1, 0.15) is 5.78 Å². The van der Waals surface area contributed by atoms with Crippen LogP contribution in [0.4, 0.5) is 0 Å². The third-order valence-electron chi connectivity index (χ3n) is 7.91. The molecule has 0 saturated heterocycles. The zero-order chi connectivity index (χ0) is 16.4. The Kier molecular flexibility index (Phi) is 3.43. The number of hydrogen-bond acceptors (Lipinski definition) is 2. The van der Waals surface area contributed by atoms with E-state index in [0.717, 1.165) is 19.3 Å². The van der Waals surface area contributed by atoms with Crippen LogP contribution in [0.5, 0.6) is 0 Å². The van der Waals surface area contributed by atoms with Crippen molar-refractivity contribution >= 4 is 5.78 Å². The van der Waals surface area contributed by atoms with Crippen molar-refractivity contribution < 1.29 is 9.90 Å². The number of Topliss-reactive ketones (excluding diaryl/α,β-unsaturated/α-hetero) is 1. The number of aliphatic hydroxyl groups excluding tert-OH is 1. The van der Waals surface area contributed by atoms with E-state index in [0.29, 0.717) is 11.7 Å². The van der Waals surface area contributed by atoms with E-state index in [1.807, 2.05) is 0 Å². The summed E-state index contributed by atoms with van der Waals surface area (Å²) >= 11 is 0. The van der Waals surface area contributed by atoms with Crippen LogP contribution in [0, 0.1) is 28.6 Å². The number of fused-ring (bicyclic) bond motifs is 5. The number of rotatable bonds is 1. The molecule has 23 heavy (non-hydrogen) atoms. The molecule has 2 heteroatoms. The van der Waals surface area contributed by atoms with Crippen LogP contribution in [-0.2, 0) is 4.79 Å². The first kappa shape index (κ1) is 15.6. The molecule has 0 spiro atoms. The lowest BCUT2D eigenvalue weighted by Crippen LogP contribution is -2.52. The lowest BCUT2D eigenvalue weighted by Gasteiger charge is -2.56. The van der Waals surface area contributed by atoms with Crippen molar-refractivity contribution in [3.8, 4) is 0 Å². The van der Waals surface area contributed by atoms with Crippen LogP contribution in [0.25, 0.3) is 0 Å². The second-order valence-corrected chi connectivity index (χ2v) is 9.03. The quantitative estimate of drug-likeness (QED) is 0.777. The van der Waals surface area contributed by atoms with E-state index in [9.17, 15) is 9.90 Å². The number of carbonyl (C=O) groups excluding carboxylic acids is 1. The summed E-state index contributed by atoms with van der Waals surface area (Å²) in [5.74, 6) is 1.22. The highest BCUT2D eigenvalue weighted by atomic mass is 16.3. The largest absolute Gasteiger partial charge is 0.392 e. The van der Waals surface area contributed by atoms with Crippen LogP contribution < -0.4 is 0 Å². The Hall–Kier alpha value is -0.890. The lowest BCUT2D eigenvalue weighted by molar-refractivity contribution is -0.126. The molecule has 0 aliphatic heterocycles. The fourth-order valence-electron chi connectivity index (χ4n) is 6.83. The minimum Gasteiger partial charge on any atom is -0.392 e. The van der Waals surface area contributed by atoms with Gasteiger partial charge in [0.05, 0.1) is 6.10 Å². The summed E-state index contributed by atoms with van der Waals surface area (Å²) in [6, 6.07) is 0. The van der Waals surface area contributed by atoms with Crippen LogP contribution in [0.15, 0.2) is 23.3 Å². The SMILES string of the molecule is CC(=O)[C@H]1CC[C@H]2C3=CC=C4CCCC[C@]4(C)[C@H]3C(O)C[C@]12C. The van der Waals surface area contributed by atoms with E-state index in [1.165, 1.54) is 31.3 Å². The van der Waals surface area contributed by atoms with E-state index >= 15 is 0 Å². The maximum absolute atomic E-state index is 12.2. The summed E-state index contributed by atoms with van der Waals surface area (Å²) in [5.41, 5.74) is 3.13. The van der Waals surface area contributed by atoms with Crippen molar-refractivity contribution in [1.82, 2.24) is 0 Å². The Morgan fingerprint density at radius 3 is 2.74 bits per heavy atom. The summed E-state index contributed by atoms with van der Waals surface area (Å²) in [6.45, 7) is 6.39. The van der Waals surface area contributed by atoms with Crippen molar-refractivity contribution in [2.45, 2.75) is 71.8 Å². The molecule has 0 aromatic heterocycles. The second-order valence-electron chi connectivity index (χ2n) is 9.03. The number of aliphatic hydroxyl groups is 1. The third-order valence-corrected chi connectivity index (χ3v) is 7.91. The molecule has 0 bridgehead atoms. The summed E-state index contributed by atoms with van der Waals surface area (Å²) in [7, 11) is 0. The van der Waals surface area contributed by atoms with Crippen molar-refractivity contribution in [1.29, 1.82) is 0 Å². The summed E-state index contributed by atoms with van der Waals surface area (Å²) < 4.78 is 0. The van der Waals surface area contributed by atoms with Gasteiger partial charge in [0.2, 0.25) is 0 Å². The highest BCUT2D eigenvalue weighted by Crippen LogP contribution is 2.64. The minimum atomic E-state index is -0.297. The average Bonchev–Trinajstić information content (AvgIpc) is 2.82. The predicted molar refractivity (Wildman–Crippen MR) is 91.9 cm³/mol. The first-order valence-corrected chi connectivity index (χ1v) is 9.47. The molecule has 4 aliphatic carbocycles. The van der Waals surface area contributed by atoms with Gasteiger partial charge in [-0.05, 0) is 62.2 Å². The van der Waals surface area contributed by atoms with Gasteiger partial charge in [0, 0.05) is 11.8 Å². The molecular formula is C21H30O2. The number of allylic oxidation sites excluding steroid dienone is 3. The zero-order valence-corrected chi connectivity index (χ0v) is 14.8. The Morgan fingerprint density at radius 2 is 2.00 bits per heavy atom. The van der Waals surface area contributed by atoms with Gasteiger partial charge in [-0.1, -0.05) is 43.6 Å². The molecular weight excluding hydrogens is 284 g/mol. The first-order valence-electron chi connectivity index (χ1n) is 9.47. The van der Waals surface area contributed by atoms with E-state index < -0.39 is 0 Å². The topological polar surface area (TPSA) is 37.3 Å². The highest BCUT2D eigenvalue weighted by molar-refractivity contribution is 5.79. The Morgan fingerprint density at radius 1 is 1.22 bits per heavy atom. The lowest BCUT2D eigenvalue weighted by atomic mass is 9.49. The van der Waals surface area contributed by atoms with Gasteiger partial charge in [-0.3, -0.25) is 4.79 Å². The van der Waals surface area contributed by atoms with E-state index in [-0.39, 0.29) is 28.8 Å². The van der Waals surface area contributed by atoms with Gasteiger partial charge in [-0.2, -0.15) is 0 Å². The van der Waals surface area contributed by atoms with Crippen molar-refractivity contribution in [3.05, 3.63) is 23.3 Å². The van der Waals surface area contributed by atoms with E-state index in [2.05, 4.69) is 26.0 Å². The molecule has 3 fully saturated rings. The molecule has 0 heterocycles. The van der Waals surface area contributed by atoms with Gasteiger partial charge < -0.3 is 5.11 Å². The molecule has 0 aromatic carbocycles. The average molecular weight is 314 g/mol. The van der Waals surface area contributed by atoms with Crippen molar-refractivity contribution in [2.75, 3.05) is 0 Å². The van der Waals surface area contributed by atoms with E-state index in [1.54, 1.807) is 12.5 Å². The Bertz CT molecular complexity index is 601. The molecule has 0 aromatic rings. The molecule has 2 nitrogen and oxygen atoms in total. The minimum absolute atomic E-state index is 0.0377. The normalized spacial score (nSPS) is 48.7. The predicted octanol–water partition coefficient (Wildman–Crippen LogP) is 4.44. The molecule has 4 rings (SSSR count). The van der Waals surface area contributed by atoms with Crippen LogP contribution in [0.1, 0.15) is 65.7 Å². The second kappa shape index (κ2) is 5.05. The smallest absolute Gasteiger partial charge is 0.133 e. The fourth-order valence-corrected chi connectivity index (χ4v) is 6.83. The Balaban J connectivity index is 1.78. The molecule has 0 amide bonds. The van der Waals surface area contributed by atoms with Crippen LogP contribution in [-0.4, -0.2) is 17.0 Å². The van der Waals surface area contributed by atoms with Crippen LogP contribution >= 0.6 is 0 Å². The molecule has 1 N–H and O–H groups in total. The molecule has 126 valence electrons. The zero-order valence-electron chi connectivity index (χ0n) is 14.8. The summed E-state index contributed by atoms with van der Waals surface area (Å²) in [6.07, 6.45) is 12.3. The van der Waals surface area contributed by atoms with Gasteiger partial charge >= 0.3 is 0 Å². The van der Waals surface area contributed by atoms with Gasteiger partial charge in [-0.25, -0.2) is 0 Å². The molecule has 1 unspecified atom stereocenters. The molecule has 4 aliphatic rings. The van der Waals surface area contributed by atoms with Crippen LogP contribution in [0.3, 0.4) is 0 Å².